The summed E-state index contributed by atoms with van der Waals surface area (Å²) >= 11 is 0. The van der Waals surface area contributed by atoms with Gasteiger partial charge in [0.05, 0.1) is 17.7 Å². The Labute approximate surface area is 162 Å². The summed E-state index contributed by atoms with van der Waals surface area (Å²) in [5.41, 5.74) is 8.23. The van der Waals surface area contributed by atoms with E-state index in [9.17, 15) is 10.1 Å². The summed E-state index contributed by atoms with van der Waals surface area (Å²) in [6.07, 6.45) is 2.23. The zero-order chi connectivity index (χ0) is 19.7. The zero-order valence-corrected chi connectivity index (χ0v) is 15.4. The van der Waals surface area contributed by atoms with Gasteiger partial charge in [-0.1, -0.05) is 30.3 Å². The van der Waals surface area contributed by atoms with E-state index in [0.29, 0.717) is 23.6 Å². The number of furan rings is 1. The first-order valence-corrected chi connectivity index (χ1v) is 8.99. The molecule has 3 aromatic rings. The second-order valence-corrected chi connectivity index (χ2v) is 6.70. The lowest BCUT2D eigenvalue weighted by Crippen LogP contribution is -2.33. The molecule has 6 heteroatoms. The van der Waals surface area contributed by atoms with Crippen LogP contribution in [-0.2, 0) is 13.0 Å². The number of nitriles is 1. The molecule has 0 spiro atoms. The fourth-order valence-corrected chi connectivity index (χ4v) is 3.59. The molecule has 0 saturated heterocycles. The summed E-state index contributed by atoms with van der Waals surface area (Å²) in [5.74, 6) is 0.174. The highest BCUT2D eigenvalue weighted by molar-refractivity contribution is 5.53. The molecule has 1 aromatic carbocycles. The standard InChI is InChI=1S/C22H19N3O3/c1-14-12-18-20(22(26)25(14)10-9-15-6-3-2-4-7-15)19(17-8-5-11-27-17)16(13-23)21(24)28-18/h2-8,11-12,19H,9-10,24H2,1H3/t19-/m1/s1. The van der Waals surface area contributed by atoms with Gasteiger partial charge in [-0.3, -0.25) is 4.79 Å². The number of aromatic nitrogens is 1. The van der Waals surface area contributed by atoms with Crippen LogP contribution in [0.4, 0.5) is 0 Å². The summed E-state index contributed by atoms with van der Waals surface area (Å²) in [6, 6.07) is 17.3. The monoisotopic (exact) mass is 373 g/mol. The quantitative estimate of drug-likeness (QED) is 0.758. The number of allylic oxidation sites excluding steroid dienone is 1. The molecule has 1 atom stereocenters. The van der Waals surface area contributed by atoms with Gasteiger partial charge in [-0.05, 0) is 31.0 Å². The van der Waals surface area contributed by atoms with Gasteiger partial charge in [-0.15, -0.1) is 0 Å². The van der Waals surface area contributed by atoms with Crippen LogP contribution in [0.25, 0.3) is 0 Å². The molecule has 0 saturated carbocycles. The van der Waals surface area contributed by atoms with Crippen molar-refractivity contribution < 1.29 is 9.15 Å². The number of aryl methyl sites for hydroxylation is 2. The number of benzene rings is 1. The first-order chi connectivity index (χ1) is 13.6. The second-order valence-electron chi connectivity index (χ2n) is 6.70. The van der Waals surface area contributed by atoms with E-state index in [4.69, 9.17) is 14.9 Å². The Morgan fingerprint density at radius 3 is 2.68 bits per heavy atom. The summed E-state index contributed by atoms with van der Waals surface area (Å²) in [7, 11) is 0. The molecule has 140 valence electrons. The largest absolute Gasteiger partial charge is 0.468 e. The van der Waals surface area contributed by atoms with Crippen molar-refractivity contribution in [3.8, 4) is 11.8 Å². The molecule has 2 N–H and O–H groups in total. The van der Waals surface area contributed by atoms with Crippen molar-refractivity contribution in [1.29, 1.82) is 5.26 Å². The van der Waals surface area contributed by atoms with Crippen LogP contribution in [-0.4, -0.2) is 4.57 Å². The van der Waals surface area contributed by atoms with Gasteiger partial charge in [-0.25, -0.2) is 0 Å². The van der Waals surface area contributed by atoms with Crippen LogP contribution < -0.4 is 16.0 Å². The number of ether oxygens (including phenoxy) is 1. The lowest BCUT2D eigenvalue weighted by molar-refractivity contribution is 0.378. The van der Waals surface area contributed by atoms with Gasteiger partial charge in [0.25, 0.3) is 5.56 Å². The van der Waals surface area contributed by atoms with Crippen LogP contribution in [0.1, 0.15) is 28.5 Å². The van der Waals surface area contributed by atoms with Crippen LogP contribution in [0.3, 0.4) is 0 Å². The Kier molecular flexibility index (Phi) is 4.50. The summed E-state index contributed by atoms with van der Waals surface area (Å²) < 4.78 is 12.9. The molecule has 0 bridgehead atoms. The van der Waals surface area contributed by atoms with E-state index in [1.54, 1.807) is 22.8 Å². The topological polar surface area (TPSA) is 94.2 Å². The lowest BCUT2D eigenvalue weighted by atomic mass is 9.88. The van der Waals surface area contributed by atoms with E-state index in [1.807, 2.05) is 37.3 Å². The lowest BCUT2D eigenvalue weighted by Gasteiger charge is -2.26. The molecular formula is C22H19N3O3. The minimum atomic E-state index is -0.681. The fourth-order valence-electron chi connectivity index (χ4n) is 3.59. The van der Waals surface area contributed by atoms with Gasteiger partial charge >= 0.3 is 0 Å². The fraction of sp³-hybridized carbons (Fsp3) is 0.182. The van der Waals surface area contributed by atoms with Crippen molar-refractivity contribution in [2.24, 2.45) is 5.73 Å². The van der Waals surface area contributed by atoms with Crippen LogP contribution in [0.2, 0.25) is 0 Å². The Bertz CT molecular complexity index is 1140. The van der Waals surface area contributed by atoms with E-state index in [2.05, 4.69) is 6.07 Å². The number of fused-ring (bicyclic) bond motifs is 1. The van der Waals surface area contributed by atoms with E-state index in [1.165, 1.54) is 6.26 Å². The summed E-state index contributed by atoms with van der Waals surface area (Å²) in [4.78, 5) is 13.4. The van der Waals surface area contributed by atoms with E-state index >= 15 is 0 Å². The Hall–Kier alpha value is -3.72. The number of nitrogens with zero attached hydrogens (tertiary/aromatic N) is 2. The van der Waals surface area contributed by atoms with E-state index in [0.717, 1.165) is 17.7 Å². The van der Waals surface area contributed by atoms with Crippen molar-refractivity contribution in [1.82, 2.24) is 4.57 Å². The average Bonchev–Trinajstić information content (AvgIpc) is 3.22. The number of hydrogen-bond donors (Lipinski definition) is 1. The number of rotatable bonds is 4. The third kappa shape index (κ3) is 2.97. The highest BCUT2D eigenvalue weighted by Gasteiger charge is 2.35. The summed E-state index contributed by atoms with van der Waals surface area (Å²) in [5, 5.41) is 9.60. The molecule has 4 rings (SSSR count). The number of nitrogens with two attached hydrogens (primary N) is 1. The van der Waals surface area contributed by atoms with Gasteiger partial charge in [0.15, 0.2) is 0 Å². The molecule has 6 nitrogen and oxygen atoms in total. The van der Waals surface area contributed by atoms with Gasteiger partial charge in [0, 0.05) is 18.3 Å². The Balaban J connectivity index is 1.82. The van der Waals surface area contributed by atoms with Gasteiger partial charge < -0.3 is 19.5 Å². The van der Waals surface area contributed by atoms with Gasteiger partial charge in [0.2, 0.25) is 5.88 Å². The van der Waals surface area contributed by atoms with Crippen LogP contribution >= 0.6 is 0 Å². The summed E-state index contributed by atoms with van der Waals surface area (Å²) in [6.45, 7) is 2.38. The Morgan fingerprint density at radius 2 is 2.00 bits per heavy atom. The SMILES string of the molecule is Cc1cc2c(c(=O)n1CCc1ccccc1)[C@@H](c1ccco1)C(C#N)=C(N)O2. The maximum Gasteiger partial charge on any atom is 0.258 e. The molecule has 3 heterocycles. The van der Waals surface area contributed by atoms with Crippen LogP contribution in [0.5, 0.6) is 5.75 Å². The predicted molar refractivity (Wildman–Crippen MR) is 104 cm³/mol. The third-order valence-corrected chi connectivity index (χ3v) is 4.98. The molecule has 0 radical (unpaired) electrons. The van der Waals surface area contributed by atoms with Crippen LogP contribution in [0, 0.1) is 18.3 Å². The van der Waals surface area contributed by atoms with Gasteiger partial charge in [0.1, 0.15) is 23.2 Å². The van der Waals surface area contributed by atoms with Crippen molar-refractivity contribution in [2.75, 3.05) is 0 Å². The third-order valence-electron chi connectivity index (χ3n) is 4.98. The van der Waals surface area contributed by atoms with Gasteiger partial charge in [-0.2, -0.15) is 5.26 Å². The van der Waals surface area contributed by atoms with Crippen molar-refractivity contribution in [2.45, 2.75) is 25.8 Å². The minimum absolute atomic E-state index is 0.00256. The number of hydrogen-bond acceptors (Lipinski definition) is 5. The molecule has 0 amide bonds. The molecule has 2 aromatic heterocycles. The van der Waals surface area contributed by atoms with E-state index in [-0.39, 0.29) is 17.0 Å². The van der Waals surface area contributed by atoms with Crippen LogP contribution in [0.15, 0.2) is 75.5 Å². The number of pyridine rings is 1. The maximum absolute atomic E-state index is 13.4. The first kappa shape index (κ1) is 17.7. The normalized spacial score (nSPS) is 15.6. The van der Waals surface area contributed by atoms with Crippen molar-refractivity contribution in [3.63, 3.8) is 0 Å². The molecule has 0 unspecified atom stereocenters. The van der Waals surface area contributed by atoms with Crippen molar-refractivity contribution >= 4 is 0 Å². The predicted octanol–water partition coefficient (Wildman–Crippen LogP) is 3.21. The van der Waals surface area contributed by atoms with Crippen molar-refractivity contribution in [3.05, 3.63) is 99.2 Å². The molecule has 1 aliphatic rings. The molecule has 0 fully saturated rings. The van der Waals surface area contributed by atoms with E-state index < -0.39 is 5.92 Å². The Morgan fingerprint density at radius 1 is 1.21 bits per heavy atom. The zero-order valence-electron chi connectivity index (χ0n) is 15.4. The minimum Gasteiger partial charge on any atom is -0.468 e. The molecular weight excluding hydrogens is 354 g/mol. The average molecular weight is 373 g/mol. The first-order valence-electron chi connectivity index (χ1n) is 8.99. The molecule has 0 aliphatic carbocycles. The highest BCUT2D eigenvalue weighted by Crippen LogP contribution is 2.40. The molecule has 1 aliphatic heterocycles. The molecule has 28 heavy (non-hydrogen) atoms. The maximum atomic E-state index is 13.4. The smallest absolute Gasteiger partial charge is 0.258 e. The highest BCUT2D eigenvalue weighted by atomic mass is 16.5. The second kappa shape index (κ2) is 7.12.